The maximum Gasteiger partial charge on any atom is 0.333 e. The van der Waals surface area contributed by atoms with E-state index in [2.05, 4.69) is 248 Å². The van der Waals surface area contributed by atoms with E-state index in [1.54, 1.807) is 0 Å². The molecule has 12 aromatic rings. The molecule has 15 rings (SSSR count). The molecular formula is C69H57BN2OS. The molecule has 0 saturated heterocycles. The van der Waals surface area contributed by atoms with Crippen LogP contribution in [0.1, 0.15) is 102 Å². The summed E-state index contributed by atoms with van der Waals surface area (Å²) >= 11 is 1.92. The fraction of sp³-hybridized carbons (Fsp3) is 0.188. The predicted molar refractivity (Wildman–Crippen MR) is 319 cm³/mol. The fourth-order valence-corrected chi connectivity index (χ4v) is 14.2. The highest BCUT2D eigenvalue weighted by atomic mass is 32.1. The second kappa shape index (κ2) is 15.0. The first-order valence-corrected chi connectivity index (χ1v) is 27.3. The molecule has 0 radical (unpaired) electrons. The first kappa shape index (κ1) is 43.9. The molecule has 9 aromatic carbocycles. The van der Waals surface area contributed by atoms with E-state index in [0.29, 0.717) is 0 Å². The van der Waals surface area contributed by atoms with E-state index in [-0.39, 0.29) is 29.0 Å². The number of rotatable bonds is 4. The van der Waals surface area contributed by atoms with Gasteiger partial charge in [-0.3, -0.25) is 0 Å². The van der Waals surface area contributed by atoms with Crippen molar-refractivity contribution in [2.45, 2.75) is 84.5 Å². The highest BCUT2D eigenvalue weighted by Gasteiger charge is 2.47. The van der Waals surface area contributed by atoms with E-state index in [1.807, 2.05) is 11.3 Å². The van der Waals surface area contributed by atoms with Crippen molar-refractivity contribution in [1.82, 2.24) is 4.57 Å². The minimum absolute atomic E-state index is 0.0101. The van der Waals surface area contributed by atoms with Gasteiger partial charge in [-0.05, 0) is 126 Å². The summed E-state index contributed by atoms with van der Waals surface area (Å²) < 4.78 is 12.6. The number of hydrogen-bond acceptors (Lipinski definition) is 3. The Morgan fingerprint density at radius 1 is 0.500 bits per heavy atom. The van der Waals surface area contributed by atoms with E-state index in [1.165, 1.54) is 131 Å². The summed E-state index contributed by atoms with van der Waals surface area (Å²) in [6, 6.07) is 67.2. The van der Waals surface area contributed by atoms with Gasteiger partial charge in [0.15, 0.2) is 0 Å². The Labute approximate surface area is 437 Å². The van der Waals surface area contributed by atoms with Gasteiger partial charge in [0.2, 0.25) is 0 Å². The van der Waals surface area contributed by atoms with E-state index in [0.717, 1.165) is 16.6 Å². The number of para-hydroxylation sites is 1. The second-order valence-electron chi connectivity index (χ2n) is 24.4. The SMILES string of the molecule is CC(C)(C)c1ccc(N2B3c4cc(C(C)(C)C)ccc4-n4c5ccc(C(C)(C)C)cc5c5c6c(oc7ccccc76)c(c3c54)-c3cc4sc5cc(C6C(c7ccccc7)=C6c6ccccc6)ccc5c4cc32)cc1. The van der Waals surface area contributed by atoms with Crippen LogP contribution in [0.4, 0.5) is 11.4 Å². The molecule has 0 bridgehead atoms. The lowest BCUT2D eigenvalue weighted by Gasteiger charge is -2.42. The molecule has 3 aromatic heterocycles. The number of anilines is 2. The first-order chi connectivity index (χ1) is 35.6. The smallest absolute Gasteiger partial charge is 0.333 e. The van der Waals surface area contributed by atoms with Crippen molar-refractivity contribution in [1.29, 1.82) is 0 Å². The summed E-state index contributed by atoms with van der Waals surface area (Å²) in [4.78, 5) is 2.70. The fourth-order valence-electron chi connectivity index (χ4n) is 13.0. The summed E-state index contributed by atoms with van der Waals surface area (Å²) in [6.45, 7) is 20.8. The number of thiophene rings is 1. The van der Waals surface area contributed by atoms with Crippen molar-refractivity contribution >= 4 is 116 Å². The van der Waals surface area contributed by atoms with Gasteiger partial charge in [-0.25, -0.2) is 0 Å². The summed E-state index contributed by atoms with van der Waals surface area (Å²) in [5.74, 6) is 0.247. The second-order valence-corrected chi connectivity index (χ2v) is 25.5. The molecule has 0 amide bonds. The summed E-state index contributed by atoms with van der Waals surface area (Å²) in [5, 5.41) is 7.50. The van der Waals surface area contributed by atoms with Crippen LogP contribution in [0.2, 0.25) is 0 Å². The molecule has 74 heavy (non-hydrogen) atoms. The van der Waals surface area contributed by atoms with Crippen molar-refractivity contribution in [2.75, 3.05) is 4.81 Å². The molecule has 0 saturated carbocycles. The Morgan fingerprint density at radius 2 is 1.12 bits per heavy atom. The van der Waals surface area contributed by atoms with Crippen LogP contribution >= 0.6 is 11.3 Å². The van der Waals surface area contributed by atoms with Crippen LogP contribution in [0.25, 0.3) is 91.9 Å². The predicted octanol–water partition coefficient (Wildman–Crippen LogP) is 17.9. The lowest BCUT2D eigenvalue weighted by Crippen LogP contribution is -2.60. The quantitative estimate of drug-likeness (QED) is 0.164. The van der Waals surface area contributed by atoms with Gasteiger partial charge in [0.1, 0.15) is 11.2 Å². The van der Waals surface area contributed by atoms with Crippen molar-refractivity contribution in [3.63, 3.8) is 0 Å². The molecule has 1 aliphatic carbocycles. The van der Waals surface area contributed by atoms with Crippen LogP contribution in [-0.4, -0.2) is 11.4 Å². The monoisotopic (exact) mass is 972 g/mol. The minimum Gasteiger partial charge on any atom is -0.455 e. The maximum atomic E-state index is 7.39. The average molecular weight is 973 g/mol. The van der Waals surface area contributed by atoms with Gasteiger partial charge in [-0.2, -0.15) is 0 Å². The number of hydrogen-bond donors (Lipinski definition) is 0. The lowest BCUT2D eigenvalue weighted by molar-refractivity contribution is 0.590. The van der Waals surface area contributed by atoms with Gasteiger partial charge in [0, 0.05) is 75.8 Å². The average Bonchev–Trinajstić information content (AvgIpc) is 3.67. The highest BCUT2D eigenvalue weighted by Crippen LogP contribution is 2.60. The van der Waals surface area contributed by atoms with Gasteiger partial charge in [-0.1, -0.05) is 184 Å². The molecule has 0 N–H and O–H groups in total. The van der Waals surface area contributed by atoms with Crippen molar-refractivity contribution in [2.24, 2.45) is 0 Å². The van der Waals surface area contributed by atoms with Crippen molar-refractivity contribution in [3.8, 4) is 16.8 Å². The summed E-state index contributed by atoms with van der Waals surface area (Å²) in [6.07, 6.45) is 0. The molecule has 0 atom stereocenters. The normalized spacial score (nSPS) is 14.7. The minimum atomic E-state index is -0.156. The van der Waals surface area contributed by atoms with Crippen LogP contribution in [0, 0.1) is 0 Å². The van der Waals surface area contributed by atoms with Gasteiger partial charge in [0.25, 0.3) is 0 Å². The molecule has 0 spiro atoms. The molecule has 3 aliphatic rings. The Bertz CT molecular complexity index is 4360. The molecule has 3 nitrogen and oxygen atoms in total. The van der Waals surface area contributed by atoms with E-state index in [4.69, 9.17) is 4.42 Å². The zero-order valence-corrected chi connectivity index (χ0v) is 44.4. The van der Waals surface area contributed by atoms with Crippen LogP contribution in [0.3, 0.4) is 0 Å². The molecule has 0 unspecified atom stereocenters. The third-order valence-electron chi connectivity index (χ3n) is 16.8. The number of allylic oxidation sites excluding steroid dienone is 2. The Kier molecular flexibility index (Phi) is 8.92. The Morgan fingerprint density at radius 3 is 1.81 bits per heavy atom. The van der Waals surface area contributed by atoms with Crippen LogP contribution < -0.4 is 15.7 Å². The summed E-state index contributed by atoms with van der Waals surface area (Å²) in [7, 11) is 0. The Balaban J connectivity index is 1.06. The van der Waals surface area contributed by atoms with E-state index < -0.39 is 0 Å². The molecule has 5 heteroatoms. The lowest BCUT2D eigenvalue weighted by atomic mass is 9.43. The van der Waals surface area contributed by atoms with E-state index in [9.17, 15) is 0 Å². The van der Waals surface area contributed by atoms with Gasteiger partial charge >= 0.3 is 6.85 Å². The molecular weight excluding hydrogens is 916 g/mol. The van der Waals surface area contributed by atoms with Crippen molar-refractivity contribution in [3.05, 3.63) is 209 Å². The standard InChI is InChI=1S/C69H57BN2OS/c1-67(2,3)42-25-29-45(30-26-42)72-54-37-48-46-31-24-41(60-58(39-18-12-10-13-19-39)59(60)40-20-14-11-15-21-40)34-56(46)74-57(48)38-50(54)63-64-65-61(62-47-22-16-17-23-55(47)73-66(62)63)49-35-43(68(4,5)6)27-32-52(49)71(65)53-33-28-44(69(7,8)9)36-51(53)70(64)72/h10-38,60H,1-9H3. The third kappa shape index (κ3) is 6.20. The first-order valence-electron chi connectivity index (χ1n) is 26.5. The van der Waals surface area contributed by atoms with Crippen molar-refractivity contribution < 1.29 is 4.42 Å². The summed E-state index contributed by atoms with van der Waals surface area (Å²) in [5.41, 5.74) is 23.8. The molecule has 358 valence electrons. The van der Waals surface area contributed by atoms with Crippen LogP contribution in [0.5, 0.6) is 0 Å². The number of aromatic nitrogens is 1. The van der Waals surface area contributed by atoms with E-state index >= 15 is 0 Å². The highest BCUT2D eigenvalue weighted by molar-refractivity contribution is 7.25. The van der Waals surface area contributed by atoms with Gasteiger partial charge < -0.3 is 13.8 Å². The zero-order valence-electron chi connectivity index (χ0n) is 43.6. The number of benzene rings is 9. The maximum absolute atomic E-state index is 7.39. The topological polar surface area (TPSA) is 21.3 Å². The van der Waals surface area contributed by atoms with Crippen LogP contribution in [0.15, 0.2) is 180 Å². The number of furan rings is 1. The Hall–Kier alpha value is -7.60. The molecule has 5 heterocycles. The van der Waals surface area contributed by atoms with Gasteiger partial charge in [0.05, 0.1) is 11.0 Å². The van der Waals surface area contributed by atoms with Crippen LogP contribution in [-0.2, 0) is 16.2 Å². The molecule has 2 aliphatic heterocycles. The molecule has 0 fully saturated rings. The largest absolute Gasteiger partial charge is 0.455 e. The number of nitrogens with zero attached hydrogens (tertiary/aromatic N) is 2. The number of fused-ring (bicyclic) bond motifs is 16. The zero-order chi connectivity index (χ0) is 50.3. The third-order valence-corrected chi connectivity index (χ3v) is 17.9. The van der Waals surface area contributed by atoms with Gasteiger partial charge in [-0.15, -0.1) is 11.3 Å².